The number of hydrogen-bond acceptors (Lipinski definition) is 3. The Bertz CT molecular complexity index is 863. The average molecular weight is 400 g/mol. The summed E-state index contributed by atoms with van der Waals surface area (Å²) in [6.45, 7) is 8.39. The van der Waals surface area contributed by atoms with Crippen LogP contribution < -0.4 is 15.1 Å². The predicted molar refractivity (Wildman–Crippen MR) is 115 cm³/mol. The van der Waals surface area contributed by atoms with E-state index in [1.807, 2.05) is 31.2 Å². The number of anilines is 3. The van der Waals surface area contributed by atoms with Gasteiger partial charge in [0.1, 0.15) is 0 Å². The molecule has 1 unspecified atom stereocenters. The van der Waals surface area contributed by atoms with Crippen LogP contribution in [-0.4, -0.2) is 31.4 Å². The van der Waals surface area contributed by atoms with Crippen LogP contribution in [0, 0.1) is 12.8 Å². The van der Waals surface area contributed by atoms with Crippen LogP contribution in [0.1, 0.15) is 25.8 Å². The first kappa shape index (κ1) is 20.2. The molecule has 2 aromatic rings. The molecule has 5 nitrogen and oxygen atoms in total. The Morgan fingerprint density at radius 1 is 1.18 bits per heavy atom. The fraction of sp³-hybridized carbons (Fsp3) is 0.364. The first-order valence-electron chi connectivity index (χ1n) is 9.65. The molecule has 2 aromatic carbocycles. The molecular formula is C22H26ClN3O2. The maximum Gasteiger partial charge on any atom is 0.229 e. The van der Waals surface area contributed by atoms with Gasteiger partial charge in [-0.1, -0.05) is 11.6 Å². The zero-order chi connectivity index (χ0) is 20.3. The Morgan fingerprint density at radius 2 is 1.86 bits per heavy atom. The fourth-order valence-electron chi connectivity index (χ4n) is 3.57. The third-order valence-electron chi connectivity index (χ3n) is 5.23. The van der Waals surface area contributed by atoms with Gasteiger partial charge in [-0.25, -0.2) is 0 Å². The number of benzene rings is 2. The van der Waals surface area contributed by atoms with E-state index < -0.39 is 0 Å². The Morgan fingerprint density at radius 3 is 2.46 bits per heavy atom. The quantitative estimate of drug-likeness (QED) is 0.778. The summed E-state index contributed by atoms with van der Waals surface area (Å²) in [6, 6.07) is 13.3. The number of carbonyl (C=O) groups excluding carboxylic acids is 2. The Kier molecular flexibility index (Phi) is 6.25. The molecule has 0 aliphatic carbocycles. The van der Waals surface area contributed by atoms with Gasteiger partial charge >= 0.3 is 0 Å². The lowest BCUT2D eigenvalue weighted by molar-refractivity contribution is -0.122. The molecule has 0 aromatic heterocycles. The highest BCUT2D eigenvalue weighted by atomic mass is 35.5. The van der Waals surface area contributed by atoms with E-state index in [9.17, 15) is 9.59 Å². The minimum atomic E-state index is -0.370. The fourth-order valence-corrected chi connectivity index (χ4v) is 3.79. The monoisotopic (exact) mass is 399 g/mol. The third-order valence-corrected chi connectivity index (χ3v) is 5.47. The Hall–Kier alpha value is -2.53. The van der Waals surface area contributed by atoms with E-state index in [0.29, 0.717) is 11.6 Å². The summed E-state index contributed by atoms with van der Waals surface area (Å²) in [6.07, 6.45) is 0.219. The second-order valence-electron chi connectivity index (χ2n) is 7.04. The molecular weight excluding hydrogens is 374 g/mol. The molecule has 1 heterocycles. The van der Waals surface area contributed by atoms with Crippen molar-refractivity contribution in [2.45, 2.75) is 27.2 Å². The van der Waals surface area contributed by atoms with E-state index in [-0.39, 0.29) is 24.2 Å². The minimum absolute atomic E-state index is 0.0245. The zero-order valence-corrected chi connectivity index (χ0v) is 17.3. The Labute approximate surface area is 171 Å². The van der Waals surface area contributed by atoms with Gasteiger partial charge in [0.05, 0.1) is 5.92 Å². The van der Waals surface area contributed by atoms with Crippen molar-refractivity contribution in [1.82, 2.24) is 0 Å². The first-order valence-corrected chi connectivity index (χ1v) is 10.0. The lowest BCUT2D eigenvalue weighted by atomic mass is 10.1. The highest BCUT2D eigenvalue weighted by molar-refractivity contribution is 6.30. The van der Waals surface area contributed by atoms with E-state index in [1.165, 1.54) is 0 Å². The number of aryl methyl sites for hydroxylation is 1. The lowest BCUT2D eigenvalue weighted by Crippen LogP contribution is -2.28. The summed E-state index contributed by atoms with van der Waals surface area (Å²) in [7, 11) is 0. The number of rotatable bonds is 6. The van der Waals surface area contributed by atoms with Crippen LogP contribution in [0.4, 0.5) is 17.1 Å². The van der Waals surface area contributed by atoms with Crippen LogP contribution in [0.2, 0.25) is 5.02 Å². The number of nitrogens with zero attached hydrogens (tertiary/aromatic N) is 2. The van der Waals surface area contributed by atoms with E-state index in [0.717, 1.165) is 35.7 Å². The van der Waals surface area contributed by atoms with Gasteiger partial charge in [-0.2, -0.15) is 0 Å². The van der Waals surface area contributed by atoms with Crippen molar-refractivity contribution in [2.75, 3.05) is 34.8 Å². The predicted octanol–water partition coefficient (Wildman–Crippen LogP) is 4.49. The third kappa shape index (κ3) is 4.30. The molecule has 1 fully saturated rings. The maximum absolute atomic E-state index is 12.7. The molecule has 1 aliphatic rings. The zero-order valence-electron chi connectivity index (χ0n) is 16.5. The molecule has 0 saturated carbocycles. The van der Waals surface area contributed by atoms with Crippen LogP contribution in [0.3, 0.4) is 0 Å². The highest BCUT2D eigenvalue weighted by Crippen LogP contribution is 2.28. The second kappa shape index (κ2) is 8.65. The highest BCUT2D eigenvalue weighted by Gasteiger charge is 2.35. The Balaban J connectivity index is 1.68. The molecule has 1 N–H and O–H groups in total. The van der Waals surface area contributed by atoms with Crippen LogP contribution >= 0.6 is 11.6 Å². The van der Waals surface area contributed by atoms with Crippen molar-refractivity contribution in [2.24, 2.45) is 5.92 Å². The molecule has 1 saturated heterocycles. The van der Waals surface area contributed by atoms with Crippen LogP contribution in [-0.2, 0) is 9.59 Å². The van der Waals surface area contributed by atoms with Gasteiger partial charge in [0.2, 0.25) is 11.8 Å². The van der Waals surface area contributed by atoms with Crippen molar-refractivity contribution < 1.29 is 9.59 Å². The van der Waals surface area contributed by atoms with Gasteiger partial charge in [0.25, 0.3) is 0 Å². The van der Waals surface area contributed by atoms with Crippen LogP contribution in [0.15, 0.2) is 42.5 Å². The number of carbonyl (C=O) groups is 2. The average Bonchev–Trinajstić information content (AvgIpc) is 3.07. The van der Waals surface area contributed by atoms with E-state index in [4.69, 9.17) is 11.6 Å². The summed E-state index contributed by atoms with van der Waals surface area (Å²) >= 11 is 5.97. The van der Waals surface area contributed by atoms with Crippen LogP contribution in [0.25, 0.3) is 0 Å². The van der Waals surface area contributed by atoms with E-state index >= 15 is 0 Å². The summed E-state index contributed by atoms with van der Waals surface area (Å²) < 4.78 is 0. The normalized spacial score (nSPS) is 16.4. The standard InChI is InChI=1S/C22H26ClN3O2/c1-4-25(5-2)18-7-9-19(10-8-18)26-14-16(13-21(26)27)22(28)24-20-11-6-17(23)12-15(20)3/h6-12,16H,4-5,13-14H2,1-3H3,(H,24,28). The molecule has 0 spiro atoms. The largest absolute Gasteiger partial charge is 0.372 e. The van der Waals surface area contributed by atoms with Gasteiger partial charge < -0.3 is 15.1 Å². The lowest BCUT2D eigenvalue weighted by Gasteiger charge is -2.22. The second-order valence-corrected chi connectivity index (χ2v) is 7.48. The summed E-state index contributed by atoms with van der Waals surface area (Å²) in [5.41, 5.74) is 3.59. The summed E-state index contributed by atoms with van der Waals surface area (Å²) in [5, 5.41) is 3.56. The van der Waals surface area contributed by atoms with Crippen molar-refractivity contribution >= 4 is 40.5 Å². The number of amides is 2. The topological polar surface area (TPSA) is 52.6 Å². The maximum atomic E-state index is 12.7. The van der Waals surface area contributed by atoms with Gasteiger partial charge in [-0.3, -0.25) is 9.59 Å². The van der Waals surface area contributed by atoms with Crippen molar-refractivity contribution in [3.8, 4) is 0 Å². The van der Waals surface area contributed by atoms with Crippen molar-refractivity contribution in [3.05, 3.63) is 53.1 Å². The molecule has 0 radical (unpaired) electrons. The number of halogens is 1. The van der Waals surface area contributed by atoms with E-state index in [1.54, 1.807) is 23.1 Å². The van der Waals surface area contributed by atoms with Gasteiger partial charge in [-0.05, 0) is 68.8 Å². The number of nitrogens with one attached hydrogen (secondary N) is 1. The van der Waals surface area contributed by atoms with E-state index in [2.05, 4.69) is 24.1 Å². The summed E-state index contributed by atoms with van der Waals surface area (Å²) in [4.78, 5) is 29.1. The molecule has 6 heteroatoms. The molecule has 1 aliphatic heterocycles. The minimum Gasteiger partial charge on any atom is -0.372 e. The molecule has 2 amide bonds. The molecule has 3 rings (SSSR count). The van der Waals surface area contributed by atoms with Crippen molar-refractivity contribution in [3.63, 3.8) is 0 Å². The molecule has 28 heavy (non-hydrogen) atoms. The molecule has 0 bridgehead atoms. The first-order chi connectivity index (χ1) is 13.4. The van der Waals surface area contributed by atoms with Gasteiger partial charge in [-0.15, -0.1) is 0 Å². The number of hydrogen-bond donors (Lipinski definition) is 1. The molecule has 1 atom stereocenters. The van der Waals surface area contributed by atoms with Crippen LogP contribution in [0.5, 0.6) is 0 Å². The van der Waals surface area contributed by atoms with Gasteiger partial charge in [0.15, 0.2) is 0 Å². The smallest absolute Gasteiger partial charge is 0.229 e. The summed E-state index contributed by atoms with van der Waals surface area (Å²) in [5.74, 6) is -0.533. The van der Waals surface area contributed by atoms with Gasteiger partial charge in [0, 0.05) is 48.1 Å². The SMILES string of the molecule is CCN(CC)c1ccc(N2CC(C(=O)Nc3ccc(Cl)cc3C)CC2=O)cc1. The van der Waals surface area contributed by atoms with Crippen molar-refractivity contribution in [1.29, 1.82) is 0 Å². The molecule has 148 valence electrons.